The Kier molecular flexibility index (Phi) is 5.32. The second kappa shape index (κ2) is 7.35. The summed E-state index contributed by atoms with van der Waals surface area (Å²) in [4.78, 5) is 0.954. The summed E-state index contributed by atoms with van der Waals surface area (Å²) >= 11 is 1.18. The van der Waals surface area contributed by atoms with Gasteiger partial charge in [0.1, 0.15) is 4.21 Å². The van der Waals surface area contributed by atoms with E-state index in [4.69, 9.17) is 0 Å². The number of hydrogen-bond acceptors (Lipinski definition) is 6. The molecule has 0 bridgehead atoms. The van der Waals surface area contributed by atoms with Crippen molar-refractivity contribution in [3.05, 3.63) is 47.6 Å². The van der Waals surface area contributed by atoms with Crippen LogP contribution in [0.25, 0.3) is 5.52 Å². The molecule has 3 rings (SSSR count). The van der Waals surface area contributed by atoms with Gasteiger partial charge in [-0.15, -0.1) is 11.3 Å². The number of nitrogens with zero attached hydrogens (tertiary/aromatic N) is 2. The summed E-state index contributed by atoms with van der Waals surface area (Å²) in [6.45, 7) is 1.72. The fourth-order valence-corrected chi connectivity index (χ4v) is 5.75. The average molecular weight is 415 g/mol. The molecule has 0 aliphatic heterocycles. The molecule has 0 radical (unpaired) electrons. The van der Waals surface area contributed by atoms with Gasteiger partial charge in [-0.2, -0.15) is 5.10 Å². The van der Waals surface area contributed by atoms with Gasteiger partial charge in [0.05, 0.1) is 17.0 Å². The molecular formula is C15H18N4O4S3. The highest BCUT2D eigenvalue weighted by Gasteiger charge is 2.18. The van der Waals surface area contributed by atoms with Crippen molar-refractivity contribution in [3.8, 4) is 0 Å². The van der Waals surface area contributed by atoms with E-state index in [0.717, 1.165) is 16.8 Å². The molecule has 3 aromatic rings. The fourth-order valence-electron chi connectivity index (χ4n) is 2.29. The number of thiophene rings is 1. The molecule has 0 saturated carbocycles. The molecule has 0 spiro atoms. The van der Waals surface area contributed by atoms with Crippen LogP contribution < -0.4 is 9.44 Å². The maximum absolute atomic E-state index is 12.2. The van der Waals surface area contributed by atoms with E-state index in [2.05, 4.69) is 14.5 Å². The van der Waals surface area contributed by atoms with E-state index in [1.807, 2.05) is 6.92 Å². The van der Waals surface area contributed by atoms with Crippen molar-refractivity contribution in [3.63, 3.8) is 0 Å². The minimum absolute atomic E-state index is 0.186. The molecule has 0 atom stereocenters. The van der Waals surface area contributed by atoms with Gasteiger partial charge in [0.25, 0.3) is 0 Å². The van der Waals surface area contributed by atoms with Gasteiger partial charge in [-0.05, 0) is 36.8 Å². The highest BCUT2D eigenvalue weighted by Crippen LogP contribution is 2.21. The molecule has 0 amide bonds. The van der Waals surface area contributed by atoms with E-state index < -0.39 is 20.0 Å². The summed E-state index contributed by atoms with van der Waals surface area (Å²) < 4.78 is 55.3. The molecular weight excluding hydrogens is 396 g/mol. The molecule has 3 aromatic heterocycles. The predicted molar refractivity (Wildman–Crippen MR) is 101 cm³/mol. The Morgan fingerprint density at radius 2 is 1.96 bits per heavy atom. The van der Waals surface area contributed by atoms with Crippen LogP contribution in [0.5, 0.6) is 0 Å². The van der Waals surface area contributed by atoms with Crippen molar-refractivity contribution in [2.45, 2.75) is 17.6 Å². The van der Waals surface area contributed by atoms with E-state index in [1.165, 1.54) is 17.4 Å². The first-order chi connectivity index (χ1) is 12.3. The molecule has 0 saturated heterocycles. The van der Waals surface area contributed by atoms with Crippen molar-refractivity contribution >= 4 is 42.6 Å². The molecule has 3 heterocycles. The third-order valence-corrected chi connectivity index (χ3v) is 8.06. The van der Waals surface area contributed by atoms with Crippen molar-refractivity contribution in [1.29, 1.82) is 0 Å². The third kappa shape index (κ3) is 4.41. The number of pyridine rings is 1. The second-order valence-electron chi connectivity index (χ2n) is 5.51. The van der Waals surface area contributed by atoms with Crippen LogP contribution in [0, 0.1) is 0 Å². The van der Waals surface area contributed by atoms with Crippen molar-refractivity contribution in [1.82, 2.24) is 14.3 Å². The lowest BCUT2D eigenvalue weighted by atomic mass is 10.4. The van der Waals surface area contributed by atoms with E-state index >= 15 is 0 Å². The molecule has 26 heavy (non-hydrogen) atoms. The normalized spacial score (nSPS) is 12.5. The molecule has 140 valence electrons. The fraction of sp³-hybridized carbons (Fsp3) is 0.267. The van der Waals surface area contributed by atoms with Crippen LogP contribution in [0.1, 0.15) is 11.8 Å². The lowest BCUT2D eigenvalue weighted by molar-refractivity contribution is 0.583. The predicted octanol–water partition coefficient (Wildman–Crippen LogP) is 1.68. The zero-order valence-corrected chi connectivity index (χ0v) is 16.4. The molecule has 0 aliphatic carbocycles. The maximum Gasteiger partial charge on any atom is 0.250 e. The van der Waals surface area contributed by atoms with Gasteiger partial charge in [0.15, 0.2) is 0 Å². The topological polar surface area (TPSA) is 110 Å². The van der Waals surface area contributed by atoms with Crippen LogP contribution in [0.2, 0.25) is 0 Å². The number of nitrogens with one attached hydrogen (secondary N) is 2. The Bertz CT molecular complexity index is 1120. The van der Waals surface area contributed by atoms with E-state index in [-0.39, 0.29) is 16.5 Å². The lowest BCUT2D eigenvalue weighted by Gasteiger charge is -2.09. The number of sulfonamides is 2. The molecule has 2 N–H and O–H groups in total. The minimum atomic E-state index is -3.70. The van der Waals surface area contributed by atoms with Crippen LogP contribution in [0.15, 0.2) is 46.9 Å². The standard InChI is InChI=1S/C15H18N4O4S3/c1-2-14-3-4-15(24-14)26(22,23)17-8-10-25(20,21)18-12-6-9-19-13(11-12)5-7-16-19/h3-7,9,11,17-18H,2,8,10H2,1H3. The lowest BCUT2D eigenvalue weighted by Crippen LogP contribution is -2.30. The smallest absolute Gasteiger partial charge is 0.250 e. The zero-order chi connectivity index (χ0) is 18.8. The Morgan fingerprint density at radius 3 is 2.69 bits per heavy atom. The zero-order valence-electron chi connectivity index (χ0n) is 13.9. The first kappa shape index (κ1) is 18.8. The van der Waals surface area contributed by atoms with Gasteiger partial charge in [-0.25, -0.2) is 26.1 Å². The number of rotatable bonds is 8. The minimum Gasteiger partial charge on any atom is -0.283 e. The largest absolute Gasteiger partial charge is 0.283 e. The van der Waals surface area contributed by atoms with Gasteiger partial charge in [0.2, 0.25) is 20.0 Å². The van der Waals surface area contributed by atoms with E-state index in [1.54, 1.807) is 41.2 Å². The quantitative estimate of drug-likeness (QED) is 0.583. The number of aromatic nitrogens is 2. The summed E-state index contributed by atoms with van der Waals surface area (Å²) in [6.07, 6.45) is 3.99. The van der Waals surface area contributed by atoms with Crippen LogP contribution >= 0.6 is 11.3 Å². The first-order valence-corrected chi connectivity index (χ1v) is 11.8. The van der Waals surface area contributed by atoms with Gasteiger partial charge in [0, 0.05) is 23.8 Å². The summed E-state index contributed by atoms with van der Waals surface area (Å²) in [7, 11) is -7.40. The summed E-state index contributed by atoms with van der Waals surface area (Å²) in [5, 5.41) is 4.03. The van der Waals surface area contributed by atoms with Crippen LogP contribution in [0.3, 0.4) is 0 Å². The third-order valence-electron chi connectivity index (χ3n) is 3.59. The Morgan fingerprint density at radius 1 is 1.15 bits per heavy atom. The maximum atomic E-state index is 12.2. The Hall–Kier alpha value is -1.95. The van der Waals surface area contributed by atoms with Crippen molar-refractivity contribution in [2.24, 2.45) is 0 Å². The van der Waals surface area contributed by atoms with Gasteiger partial charge >= 0.3 is 0 Å². The highest BCUT2D eigenvalue weighted by molar-refractivity contribution is 7.93. The van der Waals surface area contributed by atoms with Gasteiger partial charge < -0.3 is 0 Å². The number of fused-ring (bicyclic) bond motifs is 1. The molecule has 11 heteroatoms. The number of anilines is 1. The summed E-state index contributed by atoms with van der Waals surface area (Å²) in [5.41, 5.74) is 1.14. The van der Waals surface area contributed by atoms with Crippen LogP contribution in [0.4, 0.5) is 5.69 Å². The number of aryl methyl sites for hydroxylation is 1. The SMILES string of the molecule is CCc1ccc(S(=O)(=O)NCCS(=O)(=O)Nc2ccn3nccc3c2)s1. The molecule has 0 aliphatic rings. The monoisotopic (exact) mass is 414 g/mol. The molecule has 0 aromatic carbocycles. The Balaban J connectivity index is 1.60. The molecule has 0 unspecified atom stereocenters. The highest BCUT2D eigenvalue weighted by atomic mass is 32.2. The van der Waals surface area contributed by atoms with Crippen molar-refractivity contribution < 1.29 is 16.8 Å². The van der Waals surface area contributed by atoms with Gasteiger partial charge in [-0.1, -0.05) is 6.92 Å². The van der Waals surface area contributed by atoms with E-state index in [0.29, 0.717) is 5.69 Å². The second-order valence-corrected chi connectivity index (χ2v) is 10.5. The van der Waals surface area contributed by atoms with Crippen LogP contribution in [-0.4, -0.2) is 38.7 Å². The average Bonchev–Trinajstić information content (AvgIpc) is 3.23. The number of hydrogen-bond donors (Lipinski definition) is 2. The van der Waals surface area contributed by atoms with E-state index in [9.17, 15) is 16.8 Å². The Labute approximate surface area is 156 Å². The van der Waals surface area contributed by atoms with Crippen LogP contribution in [-0.2, 0) is 26.5 Å². The summed E-state index contributed by atoms with van der Waals surface area (Å²) in [5.74, 6) is -0.372. The van der Waals surface area contributed by atoms with Gasteiger partial charge in [-0.3, -0.25) is 4.72 Å². The summed E-state index contributed by atoms with van der Waals surface area (Å²) in [6, 6.07) is 8.26. The first-order valence-electron chi connectivity index (χ1n) is 7.81. The molecule has 0 fully saturated rings. The van der Waals surface area contributed by atoms with Crippen molar-refractivity contribution in [2.75, 3.05) is 17.0 Å². The molecule has 8 nitrogen and oxygen atoms in total.